The van der Waals surface area contributed by atoms with Crippen LogP contribution in [0, 0.1) is 16.7 Å². The van der Waals surface area contributed by atoms with E-state index in [0.717, 1.165) is 6.21 Å². The lowest BCUT2D eigenvalue weighted by molar-refractivity contribution is -0.130. The van der Waals surface area contributed by atoms with Crippen molar-refractivity contribution in [1.29, 1.82) is 10.7 Å². The highest BCUT2D eigenvalue weighted by Gasteiger charge is 2.34. The summed E-state index contributed by atoms with van der Waals surface area (Å²) in [4.78, 5) is 22.0. The van der Waals surface area contributed by atoms with Crippen LogP contribution in [-0.2, 0) is 4.79 Å². The number of carbonyl (C=O) groups excluding carboxylic acids is 1. The minimum atomic E-state index is -1.35. The van der Waals surface area contributed by atoms with Crippen molar-refractivity contribution in [2.75, 3.05) is 37.3 Å². The average molecular weight is 442 g/mol. The molecule has 1 saturated heterocycles. The number of nitrogens with one attached hydrogen (secondary N) is 4. The fraction of sp³-hybridized carbons (Fsp3) is 0.381. The Kier molecular flexibility index (Phi) is 8.71. The summed E-state index contributed by atoms with van der Waals surface area (Å²) in [7, 11) is 1.60. The van der Waals surface area contributed by atoms with Crippen LogP contribution >= 0.6 is 0 Å². The van der Waals surface area contributed by atoms with Gasteiger partial charge in [0.05, 0.1) is 29.4 Å². The highest BCUT2D eigenvalue weighted by molar-refractivity contribution is 5.87. The van der Waals surface area contributed by atoms with Crippen molar-refractivity contribution in [3.63, 3.8) is 0 Å². The molecule has 1 aromatic rings. The summed E-state index contributed by atoms with van der Waals surface area (Å²) in [5.41, 5.74) is 0.582. The van der Waals surface area contributed by atoms with Gasteiger partial charge in [0.15, 0.2) is 0 Å². The van der Waals surface area contributed by atoms with E-state index in [4.69, 9.17) is 10.1 Å². The summed E-state index contributed by atoms with van der Waals surface area (Å²) in [6, 6.07) is 1.94. The zero-order chi connectivity index (χ0) is 23.7. The third-order valence-electron chi connectivity index (χ3n) is 4.65. The van der Waals surface area contributed by atoms with E-state index >= 15 is 0 Å². The van der Waals surface area contributed by atoms with Gasteiger partial charge in [-0.25, -0.2) is 4.39 Å². The molecule has 0 saturated carbocycles. The van der Waals surface area contributed by atoms with Crippen molar-refractivity contribution in [1.82, 2.24) is 20.2 Å². The molecule has 1 unspecified atom stereocenters. The van der Waals surface area contributed by atoms with Crippen LogP contribution in [0.1, 0.15) is 18.9 Å². The molecule has 2 atom stereocenters. The summed E-state index contributed by atoms with van der Waals surface area (Å²) in [6.07, 6.45) is 1.56. The van der Waals surface area contributed by atoms with Gasteiger partial charge >= 0.3 is 0 Å². The van der Waals surface area contributed by atoms with Gasteiger partial charge in [-0.3, -0.25) is 4.79 Å². The van der Waals surface area contributed by atoms with E-state index in [1.54, 1.807) is 13.2 Å². The molecule has 0 aliphatic carbocycles. The first-order valence-corrected chi connectivity index (χ1v) is 10.0. The molecule has 1 aliphatic heterocycles. The second kappa shape index (κ2) is 11.5. The lowest BCUT2D eigenvalue weighted by Gasteiger charge is -2.34. The Labute approximate surface area is 186 Å². The predicted molar refractivity (Wildman–Crippen MR) is 121 cm³/mol. The van der Waals surface area contributed by atoms with Gasteiger partial charge in [0.25, 0.3) is 0 Å². The zero-order valence-electron chi connectivity index (χ0n) is 18.1. The summed E-state index contributed by atoms with van der Waals surface area (Å²) in [5, 5.41) is 25.6. The van der Waals surface area contributed by atoms with Crippen LogP contribution in [0.15, 0.2) is 31.1 Å². The largest absolute Gasteiger partial charge is 0.469 e. The number of piperidine rings is 1. The molecule has 1 fully saturated rings. The maximum absolute atomic E-state index is 14.7. The van der Waals surface area contributed by atoms with Crippen LogP contribution in [0.3, 0.4) is 0 Å². The first-order chi connectivity index (χ1) is 15.4. The third kappa shape index (κ3) is 5.81. The number of likely N-dealkylation sites (tertiary alicyclic amines) is 1. The molecular weight excluding hydrogens is 415 g/mol. The molecule has 11 heteroatoms. The van der Waals surface area contributed by atoms with Crippen molar-refractivity contribution < 1.29 is 13.9 Å². The van der Waals surface area contributed by atoms with Crippen LogP contribution in [0.5, 0.6) is 5.88 Å². The Morgan fingerprint density at radius 2 is 2.25 bits per heavy atom. The van der Waals surface area contributed by atoms with E-state index in [0.29, 0.717) is 12.2 Å². The standard InChI is InChI=1S/C21H27FN8O2/c1-5-17(31)30-8-7-15(22)16(12-30)32-20-18(13(3)9-23)19(25-4)28-21(29-20)27-14(10-24)11-26-6-2/h5,10-11,15-16,24,26H,1,3,6-8,12H2,2,4H3,(H2,25,27,28,29)/b14-11+,24-10?/t15?,16-/m0/s1. The number of allylic oxidation sites excluding steroid dienone is 2. The maximum Gasteiger partial charge on any atom is 0.246 e. The monoisotopic (exact) mass is 442 g/mol. The Morgan fingerprint density at radius 3 is 2.84 bits per heavy atom. The highest BCUT2D eigenvalue weighted by atomic mass is 19.1. The molecule has 2 rings (SSSR count). The fourth-order valence-electron chi connectivity index (χ4n) is 3.02. The number of aromatic nitrogens is 2. The van der Waals surface area contributed by atoms with Gasteiger partial charge in [0.2, 0.25) is 17.7 Å². The van der Waals surface area contributed by atoms with E-state index in [9.17, 15) is 14.4 Å². The summed E-state index contributed by atoms with van der Waals surface area (Å²) in [5.74, 6) is -0.0807. The maximum atomic E-state index is 14.7. The SMILES string of the molecule is C=CC(=O)N1CCC(F)[C@@H](Oc2nc(N/C(C=N)=C/NCC)nc(NC)c2C(=C)C#N)C1. The van der Waals surface area contributed by atoms with E-state index in [1.807, 2.05) is 13.0 Å². The first kappa shape index (κ1) is 24.3. The minimum absolute atomic E-state index is 0.00177. The van der Waals surface area contributed by atoms with Crippen molar-refractivity contribution in [2.24, 2.45) is 0 Å². The lowest BCUT2D eigenvalue weighted by atomic mass is 10.1. The molecule has 170 valence electrons. The number of nitrogens with zero attached hydrogens (tertiary/aromatic N) is 4. The van der Waals surface area contributed by atoms with Crippen molar-refractivity contribution in [3.05, 3.63) is 36.7 Å². The number of alkyl halides is 1. The number of amides is 1. The molecular formula is C21H27FN8O2. The van der Waals surface area contributed by atoms with Gasteiger partial charge < -0.3 is 31.0 Å². The van der Waals surface area contributed by atoms with Crippen LogP contribution in [0.4, 0.5) is 16.2 Å². The zero-order valence-corrected chi connectivity index (χ0v) is 18.1. The summed E-state index contributed by atoms with van der Waals surface area (Å²) >= 11 is 0. The number of halogens is 1. The number of carbonyl (C=O) groups is 1. The van der Waals surface area contributed by atoms with Gasteiger partial charge in [-0.15, -0.1) is 0 Å². The Bertz CT molecular complexity index is 956. The predicted octanol–water partition coefficient (Wildman–Crippen LogP) is 2.07. The van der Waals surface area contributed by atoms with E-state index < -0.39 is 12.3 Å². The molecule has 1 aromatic heterocycles. The van der Waals surface area contributed by atoms with Crippen LogP contribution in [0.25, 0.3) is 5.57 Å². The van der Waals surface area contributed by atoms with Crippen molar-refractivity contribution in [3.8, 4) is 11.9 Å². The smallest absolute Gasteiger partial charge is 0.246 e. The van der Waals surface area contributed by atoms with Gasteiger partial charge in [-0.05, 0) is 19.4 Å². The molecule has 2 heterocycles. The molecule has 0 spiro atoms. The molecule has 0 bridgehead atoms. The third-order valence-corrected chi connectivity index (χ3v) is 4.65. The summed E-state index contributed by atoms with van der Waals surface area (Å²) in [6.45, 7) is 9.98. The van der Waals surface area contributed by atoms with Gasteiger partial charge in [0.1, 0.15) is 18.1 Å². The lowest BCUT2D eigenvalue weighted by Crippen LogP contribution is -2.49. The number of nitriles is 1. The number of hydrogen-bond acceptors (Lipinski definition) is 9. The molecule has 32 heavy (non-hydrogen) atoms. The molecule has 1 amide bonds. The van der Waals surface area contributed by atoms with Gasteiger partial charge in [-0.1, -0.05) is 13.2 Å². The summed E-state index contributed by atoms with van der Waals surface area (Å²) < 4.78 is 20.6. The number of anilines is 2. The Morgan fingerprint density at radius 1 is 1.50 bits per heavy atom. The molecule has 0 aromatic carbocycles. The molecule has 1 aliphatic rings. The highest BCUT2D eigenvalue weighted by Crippen LogP contribution is 2.33. The quantitative estimate of drug-likeness (QED) is 0.245. The minimum Gasteiger partial charge on any atom is -0.469 e. The first-order valence-electron chi connectivity index (χ1n) is 10.0. The van der Waals surface area contributed by atoms with E-state index in [1.165, 1.54) is 11.0 Å². The molecule has 10 nitrogen and oxygen atoms in total. The Balaban J connectivity index is 2.46. The fourth-order valence-corrected chi connectivity index (χ4v) is 3.02. The van der Waals surface area contributed by atoms with Crippen LogP contribution in [-0.4, -0.2) is 65.9 Å². The molecule has 4 N–H and O–H groups in total. The van der Waals surface area contributed by atoms with E-state index in [2.05, 4.69) is 39.1 Å². The van der Waals surface area contributed by atoms with Crippen molar-refractivity contribution in [2.45, 2.75) is 25.6 Å². The average Bonchev–Trinajstić information content (AvgIpc) is 2.81. The van der Waals surface area contributed by atoms with E-state index in [-0.39, 0.29) is 54.2 Å². The van der Waals surface area contributed by atoms with Crippen LogP contribution < -0.4 is 20.7 Å². The van der Waals surface area contributed by atoms with Gasteiger partial charge in [0, 0.05) is 32.6 Å². The van der Waals surface area contributed by atoms with Crippen LogP contribution in [0.2, 0.25) is 0 Å². The number of ether oxygens (including phenoxy) is 1. The second-order valence-corrected chi connectivity index (χ2v) is 6.79. The van der Waals surface area contributed by atoms with Crippen molar-refractivity contribution >= 4 is 29.5 Å². The second-order valence-electron chi connectivity index (χ2n) is 6.79. The number of rotatable bonds is 10. The Hall–Kier alpha value is -3.94. The topological polar surface area (TPSA) is 139 Å². The normalized spacial score (nSPS) is 18.2. The van der Waals surface area contributed by atoms with Gasteiger partial charge in [-0.2, -0.15) is 15.2 Å². The molecule has 0 radical (unpaired) electrons. The number of hydrogen-bond donors (Lipinski definition) is 4.